The molecule has 0 atom stereocenters. The monoisotopic (exact) mass is 371 g/mol. The SMILES string of the molecule is CC(=O)c1ccc(N2CCN(C(=O)CNC(=O)c3cccs3)CC2)cc1. The minimum atomic E-state index is -0.211. The summed E-state index contributed by atoms with van der Waals surface area (Å²) < 4.78 is 0. The number of hydrogen-bond donors (Lipinski definition) is 1. The summed E-state index contributed by atoms with van der Waals surface area (Å²) in [5.41, 5.74) is 1.75. The van der Waals surface area contributed by atoms with E-state index in [-0.39, 0.29) is 24.1 Å². The molecular weight excluding hydrogens is 350 g/mol. The third kappa shape index (κ3) is 4.29. The zero-order chi connectivity index (χ0) is 18.5. The van der Waals surface area contributed by atoms with Gasteiger partial charge in [0.25, 0.3) is 5.91 Å². The molecule has 6 nitrogen and oxygen atoms in total. The van der Waals surface area contributed by atoms with Crippen LogP contribution in [0.5, 0.6) is 0 Å². The molecule has 7 heteroatoms. The van der Waals surface area contributed by atoms with Crippen LogP contribution in [0, 0.1) is 0 Å². The van der Waals surface area contributed by atoms with Crippen molar-refractivity contribution in [1.82, 2.24) is 10.2 Å². The van der Waals surface area contributed by atoms with Gasteiger partial charge in [0, 0.05) is 37.4 Å². The maximum atomic E-state index is 12.3. The number of hydrogen-bond acceptors (Lipinski definition) is 5. The molecule has 0 bridgehead atoms. The van der Waals surface area contributed by atoms with E-state index in [2.05, 4.69) is 10.2 Å². The minimum absolute atomic E-state index is 0.0179. The van der Waals surface area contributed by atoms with Crippen molar-refractivity contribution in [1.29, 1.82) is 0 Å². The highest BCUT2D eigenvalue weighted by molar-refractivity contribution is 7.12. The number of Topliss-reactive ketones (excluding diaryl/α,β-unsaturated/α-hetero) is 1. The Morgan fingerprint density at radius 1 is 1.04 bits per heavy atom. The molecule has 1 aliphatic rings. The Kier molecular flexibility index (Phi) is 5.68. The number of ketones is 1. The first kappa shape index (κ1) is 18.1. The molecule has 0 aliphatic carbocycles. The quantitative estimate of drug-likeness (QED) is 0.817. The molecule has 0 spiro atoms. The number of carbonyl (C=O) groups is 3. The summed E-state index contributed by atoms with van der Waals surface area (Å²) >= 11 is 1.35. The summed E-state index contributed by atoms with van der Waals surface area (Å²) in [5.74, 6) is -0.226. The Morgan fingerprint density at radius 3 is 2.31 bits per heavy atom. The molecule has 1 fully saturated rings. The summed E-state index contributed by atoms with van der Waals surface area (Å²) in [4.78, 5) is 40.1. The van der Waals surface area contributed by atoms with Crippen molar-refractivity contribution in [3.63, 3.8) is 0 Å². The van der Waals surface area contributed by atoms with E-state index in [1.807, 2.05) is 35.7 Å². The van der Waals surface area contributed by atoms with Gasteiger partial charge in [-0.1, -0.05) is 6.07 Å². The number of nitrogens with zero attached hydrogens (tertiary/aromatic N) is 2. The fourth-order valence-corrected chi connectivity index (χ4v) is 3.52. The highest BCUT2D eigenvalue weighted by atomic mass is 32.1. The molecule has 2 amide bonds. The minimum Gasteiger partial charge on any atom is -0.368 e. The summed E-state index contributed by atoms with van der Waals surface area (Å²) in [5, 5.41) is 4.51. The van der Waals surface area contributed by atoms with Crippen LogP contribution in [0.25, 0.3) is 0 Å². The highest BCUT2D eigenvalue weighted by Crippen LogP contribution is 2.17. The fraction of sp³-hybridized carbons (Fsp3) is 0.316. The fourth-order valence-electron chi connectivity index (χ4n) is 2.88. The molecule has 1 aliphatic heterocycles. The van der Waals surface area contributed by atoms with Gasteiger partial charge in [-0.25, -0.2) is 0 Å². The second-order valence-electron chi connectivity index (χ2n) is 6.13. The Bertz CT molecular complexity index is 779. The van der Waals surface area contributed by atoms with Crippen LogP contribution < -0.4 is 10.2 Å². The summed E-state index contributed by atoms with van der Waals surface area (Å²) in [7, 11) is 0. The number of benzene rings is 1. The van der Waals surface area contributed by atoms with Gasteiger partial charge in [0.15, 0.2) is 5.78 Å². The van der Waals surface area contributed by atoms with E-state index in [9.17, 15) is 14.4 Å². The van der Waals surface area contributed by atoms with Gasteiger partial charge in [-0.3, -0.25) is 14.4 Å². The lowest BCUT2D eigenvalue weighted by molar-refractivity contribution is -0.130. The number of carbonyl (C=O) groups excluding carboxylic acids is 3. The first-order valence-corrected chi connectivity index (χ1v) is 9.38. The van der Waals surface area contributed by atoms with Crippen molar-refractivity contribution >= 4 is 34.6 Å². The summed E-state index contributed by atoms with van der Waals surface area (Å²) in [6, 6.07) is 11.1. The third-order valence-corrected chi connectivity index (χ3v) is 5.29. The molecule has 3 rings (SSSR count). The predicted octanol–water partition coefficient (Wildman–Crippen LogP) is 2.03. The van der Waals surface area contributed by atoms with Crippen LogP contribution >= 0.6 is 11.3 Å². The molecule has 1 aromatic heterocycles. The van der Waals surface area contributed by atoms with Gasteiger partial charge in [-0.15, -0.1) is 11.3 Å². The normalized spacial score (nSPS) is 14.2. The average molecular weight is 371 g/mol. The van der Waals surface area contributed by atoms with E-state index in [1.165, 1.54) is 11.3 Å². The number of piperazine rings is 1. The van der Waals surface area contributed by atoms with Gasteiger partial charge in [-0.05, 0) is 42.6 Å². The largest absolute Gasteiger partial charge is 0.368 e. The second-order valence-corrected chi connectivity index (χ2v) is 7.08. The molecular formula is C19H21N3O3S. The lowest BCUT2D eigenvalue weighted by atomic mass is 10.1. The first-order chi connectivity index (χ1) is 12.5. The number of nitrogens with one attached hydrogen (secondary N) is 1. The topological polar surface area (TPSA) is 69.7 Å². The van der Waals surface area contributed by atoms with Crippen LogP contribution in [-0.4, -0.2) is 55.2 Å². The van der Waals surface area contributed by atoms with Crippen molar-refractivity contribution in [3.8, 4) is 0 Å². The van der Waals surface area contributed by atoms with Gasteiger partial charge in [-0.2, -0.15) is 0 Å². The van der Waals surface area contributed by atoms with E-state index in [0.717, 1.165) is 18.8 Å². The Labute approximate surface area is 156 Å². The van der Waals surface area contributed by atoms with Crippen LogP contribution in [0.2, 0.25) is 0 Å². The summed E-state index contributed by atoms with van der Waals surface area (Å²) in [6.07, 6.45) is 0. The van der Waals surface area contributed by atoms with Crippen molar-refractivity contribution in [2.75, 3.05) is 37.6 Å². The molecule has 1 N–H and O–H groups in total. The van der Waals surface area contributed by atoms with Crippen LogP contribution in [0.4, 0.5) is 5.69 Å². The Morgan fingerprint density at radius 2 is 1.73 bits per heavy atom. The first-order valence-electron chi connectivity index (χ1n) is 8.50. The van der Waals surface area contributed by atoms with Crippen molar-refractivity contribution in [2.24, 2.45) is 0 Å². The molecule has 2 heterocycles. The zero-order valence-corrected chi connectivity index (χ0v) is 15.4. The van der Waals surface area contributed by atoms with E-state index < -0.39 is 0 Å². The molecule has 26 heavy (non-hydrogen) atoms. The summed E-state index contributed by atoms with van der Waals surface area (Å²) in [6.45, 7) is 4.25. The third-order valence-electron chi connectivity index (χ3n) is 4.42. The number of rotatable bonds is 5. The maximum absolute atomic E-state index is 12.3. The van der Waals surface area contributed by atoms with Gasteiger partial charge in [0.05, 0.1) is 11.4 Å². The molecule has 0 unspecified atom stereocenters. The lowest BCUT2D eigenvalue weighted by Crippen LogP contribution is -2.51. The second kappa shape index (κ2) is 8.14. The predicted molar refractivity (Wildman–Crippen MR) is 102 cm³/mol. The van der Waals surface area contributed by atoms with Crippen molar-refractivity contribution in [2.45, 2.75) is 6.92 Å². The van der Waals surface area contributed by atoms with Crippen molar-refractivity contribution < 1.29 is 14.4 Å². The standard InChI is InChI=1S/C19H21N3O3S/c1-14(23)15-4-6-16(7-5-15)21-8-10-22(11-9-21)18(24)13-20-19(25)17-3-2-12-26-17/h2-7,12H,8-11,13H2,1H3,(H,20,25). The molecule has 0 saturated carbocycles. The average Bonchev–Trinajstić information content (AvgIpc) is 3.21. The molecule has 1 aromatic carbocycles. The van der Waals surface area contributed by atoms with Gasteiger partial charge >= 0.3 is 0 Å². The number of thiophene rings is 1. The van der Waals surface area contributed by atoms with Crippen LogP contribution in [0.15, 0.2) is 41.8 Å². The Hall–Kier alpha value is -2.67. The zero-order valence-electron chi connectivity index (χ0n) is 14.6. The van der Waals surface area contributed by atoms with Crippen molar-refractivity contribution in [3.05, 3.63) is 52.2 Å². The van der Waals surface area contributed by atoms with Gasteiger partial charge in [0.1, 0.15) is 0 Å². The van der Waals surface area contributed by atoms with Gasteiger partial charge in [0.2, 0.25) is 5.91 Å². The number of anilines is 1. The Balaban J connectivity index is 1.47. The lowest BCUT2D eigenvalue weighted by Gasteiger charge is -2.36. The van der Waals surface area contributed by atoms with E-state index in [1.54, 1.807) is 17.9 Å². The van der Waals surface area contributed by atoms with E-state index >= 15 is 0 Å². The van der Waals surface area contributed by atoms with E-state index in [0.29, 0.717) is 23.5 Å². The smallest absolute Gasteiger partial charge is 0.261 e. The number of amides is 2. The maximum Gasteiger partial charge on any atom is 0.261 e. The molecule has 2 aromatic rings. The molecule has 0 radical (unpaired) electrons. The van der Waals surface area contributed by atoms with E-state index in [4.69, 9.17) is 0 Å². The van der Waals surface area contributed by atoms with Crippen LogP contribution in [0.3, 0.4) is 0 Å². The van der Waals surface area contributed by atoms with Crippen LogP contribution in [0.1, 0.15) is 27.0 Å². The van der Waals surface area contributed by atoms with Gasteiger partial charge < -0.3 is 15.1 Å². The molecule has 136 valence electrons. The van der Waals surface area contributed by atoms with Crippen LogP contribution in [-0.2, 0) is 4.79 Å². The molecule has 1 saturated heterocycles. The highest BCUT2D eigenvalue weighted by Gasteiger charge is 2.21.